The number of hydrogen-bond donors (Lipinski definition) is 0. The molecule has 260 valence electrons. The van der Waals surface area contributed by atoms with E-state index in [0.717, 1.165) is 11.1 Å². The first-order chi connectivity index (χ1) is 30.5. The first kappa shape index (κ1) is 44.0. The van der Waals surface area contributed by atoms with Crippen molar-refractivity contribution >= 4 is 231 Å². The zero-order valence-electron chi connectivity index (χ0n) is 34.0. The molecule has 2 aromatic heterocycles. The molecular formula is C45H14B15N3S. The standard InChI is InChI=1S/C45H14B15N3S/c46-26-19(27(47)31(51)21(30(26)50)22-32(52)37(57)33(53)23-24-34(54)38(58)39(59)40(60)42(24)64-41(22)23)20-28(48)35(55)25(36(56)29(20)49)45-62-43(17-9-5-2-6-10-17)61-44(63-45)18-13-11-16(12-14-18)15-7-3-1-4-8-15/h1-14H. The van der Waals surface area contributed by atoms with Gasteiger partial charge in [0.15, 0.2) is 17.5 Å². The molecule has 0 N–H and O–H groups in total. The number of nitrogens with zero attached hydrogens (tertiary/aromatic N) is 3. The summed E-state index contributed by atoms with van der Waals surface area (Å²) in [4.78, 5) is 14.5. The van der Waals surface area contributed by atoms with Crippen molar-refractivity contribution < 1.29 is 0 Å². The maximum Gasteiger partial charge on any atom is 0.164 e. The third-order valence-corrected chi connectivity index (χ3v) is 12.8. The molecule has 0 aliphatic carbocycles. The van der Waals surface area contributed by atoms with Crippen LogP contribution in [0.3, 0.4) is 0 Å². The Hall–Kier alpha value is -5.26. The molecule has 30 radical (unpaired) electrons. The van der Waals surface area contributed by atoms with E-state index in [-0.39, 0.29) is 116 Å². The third kappa shape index (κ3) is 6.82. The van der Waals surface area contributed by atoms with Crippen molar-refractivity contribution in [1.82, 2.24) is 15.0 Å². The summed E-state index contributed by atoms with van der Waals surface area (Å²) in [6.45, 7) is 0. The summed E-state index contributed by atoms with van der Waals surface area (Å²) < 4.78 is 0.948. The smallest absolute Gasteiger partial charge is 0.164 e. The number of rotatable bonds is 6. The summed E-state index contributed by atoms with van der Waals surface area (Å²) in [5, 5.41) is 0.835. The van der Waals surface area contributed by atoms with Crippen molar-refractivity contribution in [3.63, 3.8) is 0 Å². The van der Waals surface area contributed by atoms with Crippen LogP contribution >= 0.6 is 11.3 Å². The van der Waals surface area contributed by atoms with Gasteiger partial charge in [-0.3, -0.25) is 0 Å². The van der Waals surface area contributed by atoms with Gasteiger partial charge < -0.3 is 0 Å². The van der Waals surface area contributed by atoms with Gasteiger partial charge in [0.2, 0.25) is 0 Å². The van der Waals surface area contributed by atoms with Gasteiger partial charge >= 0.3 is 0 Å². The van der Waals surface area contributed by atoms with E-state index < -0.39 is 0 Å². The molecule has 0 atom stereocenters. The maximum atomic E-state index is 6.91. The third-order valence-electron chi connectivity index (χ3n) is 11.6. The van der Waals surface area contributed by atoms with Crippen LogP contribution in [0.15, 0.2) is 84.9 Å². The zero-order valence-corrected chi connectivity index (χ0v) is 34.8. The number of fused-ring (bicyclic) bond motifs is 3. The van der Waals surface area contributed by atoms with Crippen molar-refractivity contribution in [3.8, 4) is 67.5 Å². The summed E-state index contributed by atoms with van der Waals surface area (Å²) in [5.41, 5.74) is 4.54. The zero-order chi connectivity index (χ0) is 45.6. The lowest BCUT2D eigenvalue weighted by Gasteiger charge is -2.29. The number of hydrogen-bond acceptors (Lipinski definition) is 4. The predicted octanol–water partition coefficient (Wildman–Crippen LogP) is -5.85. The Morgan fingerprint density at radius 1 is 0.250 bits per heavy atom. The van der Waals surface area contributed by atoms with Crippen molar-refractivity contribution in [3.05, 3.63) is 84.9 Å². The second-order valence-electron chi connectivity index (χ2n) is 15.2. The molecule has 0 fully saturated rings. The minimum Gasteiger partial charge on any atom is -0.208 e. The normalized spacial score (nSPS) is 11.4. The average molecular weight is 791 g/mol. The van der Waals surface area contributed by atoms with Gasteiger partial charge in [0.05, 0.1) is 0 Å². The highest BCUT2D eigenvalue weighted by molar-refractivity contribution is 7.28. The summed E-state index contributed by atoms with van der Waals surface area (Å²) in [6, 6.07) is 27.2. The number of aromatic nitrogens is 3. The topological polar surface area (TPSA) is 38.7 Å². The van der Waals surface area contributed by atoms with E-state index in [4.69, 9.17) is 133 Å². The second kappa shape index (κ2) is 16.6. The lowest BCUT2D eigenvalue weighted by molar-refractivity contribution is 1.08. The Balaban J connectivity index is 1.23. The fraction of sp³-hybridized carbons (Fsp3) is 0. The molecule has 0 aliphatic heterocycles. The molecule has 0 saturated heterocycles. The molecular weight excluding hydrogens is 777 g/mol. The Bertz CT molecular complexity index is 3380. The van der Waals surface area contributed by atoms with E-state index in [9.17, 15) is 0 Å². The summed E-state index contributed by atoms with van der Waals surface area (Å²) in [7, 11) is 100. The molecule has 64 heavy (non-hydrogen) atoms. The molecule has 0 spiro atoms. The van der Waals surface area contributed by atoms with E-state index in [2.05, 4.69) is 0 Å². The maximum absolute atomic E-state index is 6.91. The second-order valence-corrected chi connectivity index (χ2v) is 16.2. The van der Waals surface area contributed by atoms with Crippen molar-refractivity contribution in [2.24, 2.45) is 0 Å². The monoisotopic (exact) mass is 793 g/mol. The molecule has 19 heteroatoms. The van der Waals surface area contributed by atoms with Crippen LogP contribution in [0.1, 0.15) is 0 Å². The number of thiophene rings is 1. The Morgan fingerprint density at radius 3 is 1.05 bits per heavy atom. The van der Waals surface area contributed by atoms with E-state index >= 15 is 0 Å². The Labute approximate surface area is 396 Å². The van der Waals surface area contributed by atoms with Gasteiger partial charge in [0.1, 0.15) is 118 Å². The molecule has 3 nitrogen and oxygen atoms in total. The number of benzene rings is 7. The highest BCUT2D eigenvalue weighted by atomic mass is 32.1. The minimum absolute atomic E-state index is 0.0151. The SMILES string of the molecule is [B]c1c([B])c(-c2c([B])c([B])c(-c3c([B])c([B])c([B])c4c3sc3c([B])c([B])c([B])c([B])c34)c([B])c2[B])c([B])c([B])c1-c1nc(-c2ccccc2)nc(-c2ccc(-c3ccccc3)cc2)n1. The van der Waals surface area contributed by atoms with E-state index in [1.807, 2.05) is 84.9 Å². The molecule has 0 bridgehead atoms. The van der Waals surface area contributed by atoms with Crippen LogP contribution in [0.2, 0.25) is 0 Å². The van der Waals surface area contributed by atoms with Crippen LogP contribution < -0.4 is 81.9 Å². The molecule has 0 unspecified atom stereocenters. The first-order valence-corrected chi connectivity index (χ1v) is 20.3. The summed E-state index contributed by atoms with van der Waals surface area (Å²) in [6.07, 6.45) is 0. The van der Waals surface area contributed by atoms with E-state index in [1.165, 1.54) is 11.3 Å². The first-order valence-electron chi connectivity index (χ1n) is 19.5. The fourth-order valence-electron chi connectivity index (χ4n) is 8.13. The Kier molecular flexibility index (Phi) is 11.4. The fourth-order valence-corrected chi connectivity index (χ4v) is 9.49. The van der Waals surface area contributed by atoms with E-state index in [1.54, 1.807) is 0 Å². The van der Waals surface area contributed by atoms with Crippen molar-refractivity contribution in [1.29, 1.82) is 0 Å². The molecule has 9 aromatic rings. The molecule has 7 aromatic carbocycles. The molecule has 0 aliphatic rings. The average Bonchev–Trinajstić information content (AvgIpc) is 3.71. The van der Waals surface area contributed by atoms with Crippen LogP contribution in [0, 0.1) is 0 Å². The van der Waals surface area contributed by atoms with Crippen LogP contribution in [-0.2, 0) is 0 Å². The van der Waals surface area contributed by atoms with Crippen LogP contribution in [0.25, 0.3) is 87.7 Å². The summed E-state index contributed by atoms with van der Waals surface area (Å²) >= 11 is 1.18. The lowest BCUT2D eigenvalue weighted by atomic mass is 9.56. The van der Waals surface area contributed by atoms with Crippen molar-refractivity contribution in [2.75, 3.05) is 0 Å². The highest BCUT2D eigenvalue weighted by Gasteiger charge is 2.27. The van der Waals surface area contributed by atoms with Crippen LogP contribution in [0.4, 0.5) is 0 Å². The molecule has 2 heterocycles. The van der Waals surface area contributed by atoms with Crippen LogP contribution in [0.5, 0.6) is 0 Å². The van der Waals surface area contributed by atoms with Gasteiger partial charge in [-0.15, -0.1) is 27.7 Å². The van der Waals surface area contributed by atoms with E-state index in [0.29, 0.717) is 42.9 Å². The van der Waals surface area contributed by atoms with Gasteiger partial charge in [0, 0.05) is 26.1 Å². The summed E-state index contributed by atoms with van der Waals surface area (Å²) in [5.74, 6) is 0.811. The molecule has 0 saturated carbocycles. The highest BCUT2D eigenvalue weighted by Crippen LogP contribution is 2.35. The van der Waals surface area contributed by atoms with Gasteiger partial charge in [-0.25, -0.2) is 15.0 Å². The van der Waals surface area contributed by atoms with Gasteiger partial charge in [-0.05, 0) is 44.2 Å². The van der Waals surface area contributed by atoms with Gasteiger partial charge in [-0.1, -0.05) is 150 Å². The molecule has 0 amide bonds. The quantitative estimate of drug-likeness (QED) is 0.158. The lowest BCUT2D eigenvalue weighted by Crippen LogP contribution is -2.51. The Morgan fingerprint density at radius 2 is 0.562 bits per heavy atom. The van der Waals surface area contributed by atoms with Crippen molar-refractivity contribution in [2.45, 2.75) is 0 Å². The van der Waals surface area contributed by atoms with Gasteiger partial charge in [0.25, 0.3) is 0 Å². The van der Waals surface area contributed by atoms with Crippen LogP contribution in [-0.4, -0.2) is 133 Å². The molecule has 9 rings (SSSR count). The predicted molar refractivity (Wildman–Crippen MR) is 286 cm³/mol. The van der Waals surface area contributed by atoms with Gasteiger partial charge in [-0.2, -0.15) is 0 Å². The minimum atomic E-state index is -0.0732. The largest absolute Gasteiger partial charge is 0.208 e.